The lowest BCUT2D eigenvalue weighted by atomic mass is 10.1. The van der Waals surface area contributed by atoms with Gasteiger partial charge in [-0.05, 0) is 55.9 Å². The number of thiocarbonyl (C=S) groups is 1. The Hall–Kier alpha value is -2.92. The lowest BCUT2D eigenvalue weighted by Gasteiger charge is -2.31. The van der Waals surface area contributed by atoms with E-state index in [-0.39, 0.29) is 16.6 Å². The van der Waals surface area contributed by atoms with Gasteiger partial charge in [-0.15, -0.1) is 0 Å². The number of nitrogens with one attached hydrogen (secondary N) is 1. The van der Waals surface area contributed by atoms with E-state index in [2.05, 4.69) is 0 Å². The molecule has 0 bridgehead atoms. The highest BCUT2D eigenvalue weighted by atomic mass is 32.1. The number of hydrogen-bond acceptors (Lipinski definition) is 3. The van der Waals surface area contributed by atoms with Crippen molar-refractivity contribution in [1.82, 2.24) is 0 Å². The van der Waals surface area contributed by atoms with Crippen LogP contribution in [0, 0.1) is 23.7 Å². The van der Waals surface area contributed by atoms with Gasteiger partial charge >= 0.3 is 6.18 Å². The number of anilines is 2. The Bertz CT molecular complexity index is 961. The molecule has 8 heteroatoms. The van der Waals surface area contributed by atoms with Gasteiger partial charge in [0.2, 0.25) is 0 Å². The summed E-state index contributed by atoms with van der Waals surface area (Å²) in [6, 6.07) is 12.6. The lowest BCUT2D eigenvalue weighted by molar-refractivity contribution is -0.137. The van der Waals surface area contributed by atoms with Crippen LogP contribution in [0.5, 0.6) is 0 Å². The van der Waals surface area contributed by atoms with Crippen LogP contribution in [0.4, 0.5) is 24.5 Å². The van der Waals surface area contributed by atoms with Gasteiger partial charge in [0.1, 0.15) is 5.84 Å². The number of aryl methyl sites for hydroxylation is 1. The minimum atomic E-state index is -4.67. The first-order chi connectivity index (χ1) is 13.2. The Kier molecular flexibility index (Phi) is 5.38. The molecule has 1 aliphatic heterocycles. The molecule has 0 radical (unpaired) electrons. The standard InChI is InChI=1S/C20H17F3N4S/c1-13-4-7-15(8-5-13)26-10-2-3-18(25)27(19(26)28)16-9-6-14(12-24)17(11-16)20(21,22)23/h4-9,11,25H,2-3,10H2,1H3. The Balaban J connectivity index is 2.06. The summed E-state index contributed by atoms with van der Waals surface area (Å²) in [7, 11) is 0. The third-order valence-electron chi connectivity index (χ3n) is 4.52. The van der Waals surface area contributed by atoms with E-state index in [4.69, 9.17) is 22.9 Å². The summed E-state index contributed by atoms with van der Waals surface area (Å²) in [5.41, 5.74) is 0.532. The molecule has 0 spiro atoms. The lowest BCUT2D eigenvalue weighted by Crippen LogP contribution is -2.44. The van der Waals surface area contributed by atoms with Gasteiger partial charge in [-0.1, -0.05) is 17.7 Å². The van der Waals surface area contributed by atoms with Gasteiger partial charge in [0.25, 0.3) is 0 Å². The van der Waals surface area contributed by atoms with Crippen LogP contribution in [0.2, 0.25) is 0 Å². The fourth-order valence-electron chi connectivity index (χ4n) is 3.08. The summed E-state index contributed by atoms with van der Waals surface area (Å²) in [6.45, 7) is 2.52. The third-order valence-corrected chi connectivity index (χ3v) is 4.92. The predicted octanol–water partition coefficient (Wildman–Crippen LogP) is 5.25. The Labute approximate surface area is 166 Å². The van der Waals surface area contributed by atoms with Crippen molar-refractivity contribution in [2.45, 2.75) is 25.9 Å². The molecule has 2 aromatic rings. The van der Waals surface area contributed by atoms with E-state index < -0.39 is 17.3 Å². The molecule has 0 aliphatic carbocycles. The maximum atomic E-state index is 13.4. The van der Waals surface area contributed by atoms with Crippen LogP contribution in [0.3, 0.4) is 0 Å². The minimum absolute atomic E-state index is 0.123. The Morgan fingerprint density at radius 1 is 1.11 bits per heavy atom. The van der Waals surface area contributed by atoms with Crippen molar-refractivity contribution in [3.8, 4) is 6.07 Å². The quantitative estimate of drug-likeness (QED) is 0.697. The Morgan fingerprint density at radius 2 is 1.75 bits per heavy atom. The van der Waals surface area contributed by atoms with Crippen LogP contribution < -0.4 is 9.80 Å². The van der Waals surface area contributed by atoms with Crippen LogP contribution in [0.1, 0.15) is 29.5 Å². The molecule has 0 amide bonds. The molecule has 0 aromatic heterocycles. The first-order valence-electron chi connectivity index (χ1n) is 8.59. The highest BCUT2D eigenvalue weighted by Gasteiger charge is 2.35. The molecule has 2 aromatic carbocycles. The summed E-state index contributed by atoms with van der Waals surface area (Å²) < 4.78 is 40.1. The maximum Gasteiger partial charge on any atom is 0.417 e. The summed E-state index contributed by atoms with van der Waals surface area (Å²) in [6.07, 6.45) is -3.65. The van der Waals surface area contributed by atoms with Gasteiger partial charge in [0, 0.05) is 18.7 Å². The second-order valence-electron chi connectivity index (χ2n) is 6.49. The molecule has 1 heterocycles. The molecule has 1 saturated heterocycles. The average Bonchev–Trinajstić information content (AvgIpc) is 2.79. The number of halogens is 3. The van der Waals surface area contributed by atoms with Crippen LogP contribution in [0.15, 0.2) is 42.5 Å². The van der Waals surface area contributed by atoms with Gasteiger partial charge in [0.15, 0.2) is 5.11 Å². The molecule has 0 unspecified atom stereocenters. The largest absolute Gasteiger partial charge is 0.417 e. The first-order valence-corrected chi connectivity index (χ1v) is 9.00. The summed E-state index contributed by atoms with van der Waals surface area (Å²) >= 11 is 5.57. The molecule has 28 heavy (non-hydrogen) atoms. The zero-order valence-corrected chi connectivity index (χ0v) is 15.9. The van der Waals surface area contributed by atoms with E-state index in [1.807, 2.05) is 36.1 Å². The van der Waals surface area contributed by atoms with E-state index in [1.165, 1.54) is 11.0 Å². The van der Waals surface area contributed by atoms with Crippen LogP contribution in [-0.4, -0.2) is 17.5 Å². The van der Waals surface area contributed by atoms with E-state index in [1.54, 1.807) is 6.07 Å². The number of nitrogens with zero attached hydrogens (tertiary/aromatic N) is 3. The number of alkyl halides is 3. The zero-order valence-electron chi connectivity index (χ0n) is 15.0. The number of benzene rings is 2. The zero-order chi connectivity index (χ0) is 20.5. The molecule has 1 fully saturated rings. The van der Waals surface area contributed by atoms with Gasteiger partial charge in [0.05, 0.1) is 22.9 Å². The summed E-state index contributed by atoms with van der Waals surface area (Å²) in [4.78, 5) is 3.17. The van der Waals surface area contributed by atoms with Gasteiger partial charge in [-0.3, -0.25) is 10.3 Å². The number of amidine groups is 1. The fourth-order valence-corrected chi connectivity index (χ4v) is 3.49. The van der Waals surface area contributed by atoms with E-state index in [0.29, 0.717) is 19.4 Å². The second kappa shape index (κ2) is 7.60. The van der Waals surface area contributed by atoms with Crippen LogP contribution in [-0.2, 0) is 6.18 Å². The van der Waals surface area contributed by atoms with Crippen molar-refractivity contribution >= 4 is 34.5 Å². The van der Waals surface area contributed by atoms with Gasteiger partial charge in [-0.25, -0.2) is 0 Å². The third kappa shape index (κ3) is 3.85. The molecule has 144 valence electrons. The topological polar surface area (TPSA) is 54.1 Å². The van der Waals surface area contributed by atoms with Crippen molar-refractivity contribution in [2.75, 3.05) is 16.3 Å². The van der Waals surface area contributed by atoms with Crippen molar-refractivity contribution in [2.24, 2.45) is 0 Å². The molecule has 1 N–H and O–H groups in total. The molecule has 0 atom stereocenters. The average molecular weight is 402 g/mol. The maximum absolute atomic E-state index is 13.4. The number of rotatable bonds is 2. The van der Waals surface area contributed by atoms with Crippen LogP contribution >= 0.6 is 12.2 Å². The van der Waals surface area contributed by atoms with Crippen molar-refractivity contribution < 1.29 is 13.2 Å². The Morgan fingerprint density at radius 3 is 2.36 bits per heavy atom. The highest BCUT2D eigenvalue weighted by molar-refractivity contribution is 7.81. The van der Waals surface area contributed by atoms with Gasteiger partial charge < -0.3 is 4.90 Å². The second-order valence-corrected chi connectivity index (χ2v) is 6.86. The fraction of sp³-hybridized carbons (Fsp3) is 0.250. The smallest absolute Gasteiger partial charge is 0.318 e. The first kappa shape index (κ1) is 19.8. The SMILES string of the molecule is Cc1ccc(N2CCCC(=N)N(c3ccc(C#N)c(C(F)(F)F)c3)C2=S)cc1. The molecule has 1 aliphatic rings. The van der Waals surface area contributed by atoms with Crippen LogP contribution in [0.25, 0.3) is 0 Å². The number of hydrogen-bond donors (Lipinski definition) is 1. The molecular weight excluding hydrogens is 385 g/mol. The van der Waals surface area contributed by atoms with E-state index >= 15 is 0 Å². The highest BCUT2D eigenvalue weighted by Crippen LogP contribution is 2.35. The summed E-state index contributed by atoms with van der Waals surface area (Å²) in [5.74, 6) is 0.123. The van der Waals surface area contributed by atoms with Crippen molar-refractivity contribution in [3.05, 3.63) is 59.2 Å². The number of nitriles is 1. The monoisotopic (exact) mass is 402 g/mol. The van der Waals surface area contributed by atoms with Crippen molar-refractivity contribution in [1.29, 1.82) is 10.7 Å². The van der Waals surface area contributed by atoms with E-state index in [9.17, 15) is 13.2 Å². The molecule has 3 rings (SSSR count). The minimum Gasteiger partial charge on any atom is -0.318 e. The molecular formula is C20H17F3N4S. The van der Waals surface area contributed by atoms with Gasteiger partial charge in [-0.2, -0.15) is 18.4 Å². The van der Waals surface area contributed by atoms with Crippen molar-refractivity contribution in [3.63, 3.8) is 0 Å². The normalized spacial score (nSPS) is 15.4. The predicted molar refractivity (Wildman–Crippen MR) is 107 cm³/mol. The molecule has 0 saturated carbocycles. The van der Waals surface area contributed by atoms with E-state index in [0.717, 1.165) is 23.4 Å². The molecule has 4 nitrogen and oxygen atoms in total. The summed E-state index contributed by atoms with van der Waals surface area (Å²) in [5, 5.41) is 17.6.